The molecule has 0 radical (unpaired) electrons. The molecule has 0 fully saturated rings. The second kappa shape index (κ2) is 16.0. The molecule has 0 saturated carbocycles. The summed E-state index contributed by atoms with van der Waals surface area (Å²) in [6.45, 7) is 14.3. The van der Waals surface area contributed by atoms with Crippen molar-refractivity contribution in [2.75, 3.05) is 13.2 Å². The molecule has 54 heavy (non-hydrogen) atoms. The van der Waals surface area contributed by atoms with Crippen LogP contribution in [-0.4, -0.2) is 67.6 Å². The van der Waals surface area contributed by atoms with Crippen molar-refractivity contribution in [2.45, 2.75) is 87.1 Å². The predicted octanol–water partition coefficient (Wildman–Crippen LogP) is 5.34. The van der Waals surface area contributed by atoms with Crippen LogP contribution >= 0.6 is 0 Å². The van der Waals surface area contributed by atoms with Crippen LogP contribution in [0.3, 0.4) is 0 Å². The Kier molecular flexibility index (Phi) is 11.2. The van der Waals surface area contributed by atoms with Crippen LogP contribution < -0.4 is 15.9 Å². The zero-order valence-corrected chi connectivity index (χ0v) is 32.0. The molecule has 0 saturated heterocycles. The van der Waals surface area contributed by atoms with Crippen molar-refractivity contribution in [3.63, 3.8) is 0 Å². The number of aromatic nitrogens is 3. The summed E-state index contributed by atoms with van der Waals surface area (Å²) in [6, 6.07) is 0. The van der Waals surface area contributed by atoms with Crippen molar-refractivity contribution in [3.05, 3.63) is 103 Å². The average molecular weight is 730 g/mol. The number of aliphatic hydroxyl groups is 1. The number of fused-ring (bicyclic) bond motifs is 5. The molecule has 12 nitrogen and oxygen atoms in total. The summed E-state index contributed by atoms with van der Waals surface area (Å²) in [5.74, 6) is -0.326. The maximum atomic E-state index is 13.1. The molecule has 4 aliphatic rings. The Morgan fingerprint density at radius 2 is 1.56 bits per heavy atom. The first-order chi connectivity index (χ1) is 25.9. The molecule has 6 heterocycles. The van der Waals surface area contributed by atoms with Crippen LogP contribution in [0.4, 0.5) is 0 Å². The third-order valence-electron chi connectivity index (χ3n) is 10.1. The van der Waals surface area contributed by atoms with E-state index in [1.807, 2.05) is 62.8 Å². The van der Waals surface area contributed by atoms with E-state index in [1.54, 1.807) is 26.4 Å². The van der Waals surface area contributed by atoms with E-state index in [-0.39, 0.29) is 36.3 Å². The molecule has 0 aromatic carbocycles. The Morgan fingerprint density at radius 3 is 2.26 bits per heavy atom. The van der Waals surface area contributed by atoms with Crippen molar-refractivity contribution in [1.82, 2.24) is 19.9 Å². The van der Waals surface area contributed by atoms with Gasteiger partial charge in [0.15, 0.2) is 5.78 Å². The van der Waals surface area contributed by atoms with Gasteiger partial charge in [-0.25, -0.2) is 20.0 Å². The van der Waals surface area contributed by atoms with E-state index in [1.165, 1.54) is 6.92 Å². The zero-order chi connectivity index (χ0) is 38.7. The smallest absolute Gasteiger partial charge is 0.306 e. The lowest BCUT2D eigenvalue weighted by Gasteiger charge is -2.09. The van der Waals surface area contributed by atoms with E-state index in [9.17, 15) is 19.5 Å². The normalized spacial score (nSPS) is 17.1. The first kappa shape index (κ1) is 37.8. The fourth-order valence-corrected chi connectivity index (χ4v) is 7.27. The number of nitrogens with one attached hydrogen (secondary N) is 2. The first-order valence-corrected chi connectivity index (χ1v) is 18.4. The third kappa shape index (κ3) is 7.87. The summed E-state index contributed by atoms with van der Waals surface area (Å²) in [6.07, 6.45) is 15.0. The molecule has 3 N–H and O–H groups in total. The number of Topliss-reactive ketones (excluding diaryl/α,β-unsaturated/α-hetero) is 1. The van der Waals surface area contributed by atoms with E-state index >= 15 is 0 Å². The highest BCUT2D eigenvalue weighted by atomic mass is 16.5. The van der Waals surface area contributed by atoms with Crippen LogP contribution in [0.1, 0.15) is 84.9 Å². The molecule has 2 aromatic rings. The Hall–Kier alpha value is -5.91. The number of nitrogens with zero attached hydrogens (tertiary/aromatic N) is 5. The first-order valence-electron chi connectivity index (χ1n) is 18.4. The summed E-state index contributed by atoms with van der Waals surface area (Å²) in [4.78, 5) is 61.2. The number of allylic oxidation sites excluding steroid dienone is 8. The van der Waals surface area contributed by atoms with Crippen molar-refractivity contribution in [1.29, 1.82) is 0 Å². The van der Waals surface area contributed by atoms with Gasteiger partial charge in [0.2, 0.25) is 5.91 Å². The SMILES string of the molecule is CCOC(=O)CCC1=C(C)C2=CC3=NC(=Cc4[nH]c(/c(=C(/C)O)c4C)=CC4=NC(=CC1=N2)C(CCC(=O)NCCCn1ccnc1)=C4C)C(C(C)=O)=C3C. The Bertz CT molecular complexity index is 2350. The van der Waals surface area contributed by atoms with Crippen molar-refractivity contribution >= 4 is 52.7 Å². The van der Waals surface area contributed by atoms with Crippen molar-refractivity contribution in [3.8, 4) is 0 Å². The third-order valence-corrected chi connectivity index (χ3v) is 10.1. The maximum absolute atomic E-state index is 13.1. The number of carbonyl (C=O) groups excluding carboxylic acids is 3. The minimum Gasteiger partial charge on any atom is -0.512 e. The number of amides is 1. The van der Waals surface area contributed by atoms with E-state index in [0.29, 0.717) is 82.1 Å². The standard InChI is InChI=1S/C42H47N7O5/c1-8-54-40(53)13-11-30-24(3)31-18-33-25(4)41(27(6)50)38(47-33)20-34-26(5)42(28(7)51)37(48-34)19-32-23(2)29(35(46-32)21-36(30)45-31)10-12-39(52)44-14-9-16-49-17-15-43-22-49/h15,17-22,48,51H,8-14,16H2,1-7H3,(H,44,52)/b31-18?,35-21?,37-19?,38-20?,42-28-. The van der Waals surface area contributed by atoms with Crippen LogP contribution in [0, 0.1) is 6.92 Å². The fraction of sp³-hybridized carbons (Fsp3) is 0.357. The number of H-pyrrole nitrogens is 1. The molecular weight excluding hydrogens is 683 g/mol. The van der Waals surface area contributed by atoms with Gasteiger partial charge in [-0.3, -0.25) is 14.4 Å². The molecule has 0 aliphatic carbocycles. The summed E-state index contributed by atoms with van der Waals surface area (Å²) >= 11 is 0. The molecule has 12 heteroatoms. The lowest BCUT2D eigenvalue weighted by Crippen LogP contribution is -2.27. The quantitative estimate of drug-likeness (QED) is 0.197. The van der Waals surface area contributed by atoms with Gasteiger partial charge in [0.1, 0.15) is 0 Å². The van der Waals surface area contributed by atoms with Gasteiger partial charge in [-0.1, -0.05) is 0 Å². The van der Waals surface area contributed by atoms with Gasteiger partial charge in [-0.2, -0.15) is 0 Å². The Labute approximate surface area is 314 Å². The van der Waals surface area contributed by atoms with Gasteiger partial charge >= 0.3 is 5.97 Å². The number of carbonyl (C=O) groups is 3. The number of hydrogen-bond donors (Lipinski definition) is 3. The highest BCUT2D eigenvalue weighted by molar-refractivity contribution is 6.24. The van der Waals surface area contributed by atoms with Gasteiger partial charge in [0.05, 0.1) is 58.3 Å². The van der Waals surface area contributed by atoms with Gasteiger partial charge in [0.25, 0.3) is 0 Å². The molecule has 0 spiro atoms. The summed E-state index contributed by atoms with van der Waals surface area (Å²) in [7, 11) is 0. The van der Waals surface area contributed by atoms with Crippen LogP contribution in [0.25, 0.3) is 17.9 Å². The van der Waals surface area contributed by atoms with Crippen LogP contribution in [0.15, 0.2) is 96.4 Å². The number of aliphatic imine (C=N–C) groups is 3. The van der Waals surface area contributed by atoms with Gasteiger partial charge in [0, 0.05) is 54.8 Å². The molecule has 6 rings (SSSR count). The van der Waals surface area contributed by atoms with E-state index in [2.05, 4.69) is 15.3 Å². The average Bonchev–Trinajstić information content (AvgIpc) is 3.92. The maximum Gasteiger partial charge on any atom is 0.306 e. The lowest BCUT2D eigenvalue weighted by molar-refractivity contribution is -0.143. The largest absolute Gasteiger partial charge is 0.512 e. The van der Waals surface area contributed by atoms with E-state index in [0.717, 1.165) is 46.4 Å². The monoisotopic (exact) mass is 729 g/mol. The number of ketones is 1. The van der Waals surface area contributed by atoms with Crippen molar-refractivity contribution in [2.24, 2.45) is 15.0 Å². The molecular formula is C42H47N7O5. The van der Waals surface area contributed by atoms with E-state index in [4.69, 9.17) is 19.7 Å². The highest BCUT2D eigenvalue weighted by Gasteiger charge is 2.28. The number of aliphatic hydroxyl groups excluding tert-OH is 1. The van der Waals surface area contributed by atoms with Crippen molar-refractivity contribution < 1.29 is 24.2 Å². The molecule has 0 atom stereocenters. The second-order valence-electron chi connectivity index (χ2n) is 13.8. The van der Waals surface area contributed by atoms with Crippen LogP contribution in [-0.2, 0) is 25.7 Å². The number of aryl methyl sites for hydroxylation is 1. The predicted molar refractivity (Wildman–Crippen MR) is 211 cm³/mol. The summed E-state index contributed by atoms with van der Waals surface area (Å²) < 4.78 is 7.23. The fourth-order valence-electron chi connectivity index (χ4n) is 7.27. The Morgan fingerprint density at radius 1 is 0.852 bits per heavy atom. The molecule has 280 valence electrons. The second-order valence-corrected chi connectivity index (χ2v) is 13.8. The van der Waals surface area contributed by atoms with Gasteiger partial charge in [-0.15, -0.1) is 0 Å². The lowest BCUT2D eigenvalue weighted by atomic mass is 9.96. The van der Waals surface area contributed by atoms with Crippen LogP contribution in [0.5, 0.6) is 0 Å². The molecule has 1 amide bonds. The summed E-state index contributed by atoms with van der Waals surface area (Å²) in [5, 5.41) is 15.2. The van der Waals surface area contributed by atoms with Gasteiger partial charge < -0.3 is 24.7 Å². The number of hydrogen-bond acceptors (Lipinski definition) is 9. The molecule has 2 aromatic heterocycles. The number of imidazole rings is 1. The Balaban J connectivity index is 1.45. The van der Waals surface area contributed by atoms with E-state index < -0.39 is 0 Å². The summed E-state index contributed by atoms with van der Waals surface area (Å²) in [5.41, 5.74) is 10.1. The molecule has 0 unspecified atom stereocenters. The van der Waals surface area contributed by atoms with Gasteiger partial charge in [-0.05, 0) is 125 Å². The number of ether oxygens (including phenoxy) is 1. The number of esters is 1. The minimum absolute atomic E-state index is 0.0555. The molecule has 4 aliphatic heterocycles. The van der Waals surface area contributed by atoms with Crippen LogP contribution in [0.2, 0.25) is 0 Å². The minimum atomic E-state index is -0.295. The number of aromatic amines is 1. The topological polar surface area (TPSA) is 163 Å². The highest BCUT2D eigenvalue weighted by Crippen LogP contribution is 2.36. The zero-order valence-electron chi connectivity index (χ0n) is 32.0. The molecule has 8 bridgehead atoms. The number of rotatable bonds is 12.